The van der Waals surface area contributed by atoms with Crippen molar-refractivity contribution in [1.82, 2.24) is 10.2 Å². The van der Waals surface area contributed by atoms with Crippen LogP contribution in [0.15, 0.2) is 78.9 Å². The normalized spacial score (nSPS) is 14.2. The highest BCUT2D eigenvalue weighted by Crippen LogP contribution is 2.30. The van der Waals surface area contributed by atoms with Gasteiger partial charge in [0.25, 0.3) is 0 Å². The zero-order valence-electron chi connectivity index (χ0n) is 18.5. The van der Waals surface area contributed by atoms with Crippen LogP contribution in [0.2, 0.25) is 5.02 Å². The van der Waals surface area contributed by atoms with Crippen LogP contribution in [0.25, 0.3) is 0 Å². The number of halogens is 1. The molecule has 0 unspecified atom stereocenters. The fourth-order valence-corrected chi connectivity index (χ4v) is 4.54. The Bertz CT molecular complexity index is 1060. The van der Waals surface area contributed by atoms with Crippen molar-refractivity contribution in [2.45, 2.75) is 5.92 Å². The molecule has 1 fully saturated rings. The number of thiocarbonyl (C=S) groups is 1. The van der Waals surface area contributed by atoms with Gasteiger partial charge in [-0.3, -0.25) is 4.79 Å². The number of carbonyl (C=O) groups is 1. The van der Waals surface area contributed by atoms with Gasteiger partial charge in [0.2, 0.25) is 5.91 Å². The van der Waals surface area contributed by atoms with E-state index in [1.54, 1.807) is 0 Å². The zero-order chi connectivity index (χ0) is 23.2. The first-order chi connectivity index (χ1) is 16.0. The van der Waals surface area contributed by atoms with Crippen LogP contribution in [0.1, 0.15) is 17.0 Å². The van der Waals surface area contributed by atoms with Gasteiger partial charge in [0.1, 0.15) is 0 Å². The average molecular weight is 479 g/mol. The summed E-state index contributed by atoms with van der Waals surface area (Å²) in [5.41, 5.74) is 3.56. The van der Waals surface area contributed by atoms with E-state index >= 15 is 0 Å². The number of hydrogen-bond acceptors (Lipinski definition) is 4. The summed E-state index contributed by atoms with van der Waals surface area (Å²) in [5.74, 6) is -0.652. The van der Waals surface area contributed by atoms with Crippen molar-refractivity contribution in [3.8, 4) is 0 Å². The average Bonchev–Trinajstić information content (AvgIpc) is 2.81. The summed E-state index contributed by atoms with van der Waals surface area (Å²) in [5, 5.41) is 6.84. The summed E-state index contributed by atoms with van der Waals surface area (Å²) in [6.45, 7) is 3.91. The van der Waals surface area contributed by atoms with Crippen LogP contribution in [0.3, 0.4) is 0 Å². The number of piperazine rings is 1. The van der Waals surface area contributed by atoms with Crippen LogP contribution in [0.4, 0.5) is 11.4 Å². The van der Waals surface area contributed by atoms with Crippen molar-refractivity contribution >= 4 is 46.2 Å². The van der Waals surface area contributed by atoms with E-state index in [-0.39, 0.29) is 11.0 Å². The molecule has 3 aromatic rings. The van der Waals surface area contributed by atoms with Gasteiger partial charge < -0.3 is 20.4 Å². The zero-order valence-corrected chi connectivity index (χ0v) is 20.1. The number of nitrogens with zero attached hydrogens (tertiary/aromatic N) is 2. The van der Waals surface area contributed by atoms with Gasteiger partial charge in [-0.15, -0.1) is 0 Å². The van der Waals surface area contributed by atoms with Crippen LogP contribution in [-0.2, 0) is 4.79 Å². The summed E-state index contributed by atoms with van der Waals surface area (Å²) in [7, 11) is 2.13. The Hall–Kier alpha value is -2.93. The molecule has 2 N–H and O–H groups in total. The Kier molecular flexibility index (Phi) is 7.60. The van der Waals surface area contributed by atoms with Crippen LogP contribution in [-0.4, -0.2) is 49.1 Å². The second-order valence-corrected chi connectivity index (χ2v) is 8.97. The Morgan fingerprint density at radius 1 is 0.909 bits per heavy atom. The van der Waals surface area contributed by atoms with E-state index < -0.39 is 5.92 Å². The third-order valence-corrected chi connectivity index (χ3v) is 6.32. The van der Waals surface area contributed by atoms with E-state index in [9.17, 15) is 4.79 Å². The number of amides is 1. The summed E-state index contributed by atoms with van der Waals surface area (Å²) >= 11 is 12.0. The molecule has 0 aromatic heterocycles. The van der Waals surface area contributed by atoms with Crippen LogP contribution in [0, 0.1) is 0 Å². The van der Waals surface area contributed by atoms with Crippen molar-refractivity contribution in [1.29, 1.82) is 0 Å². The molecular formula is C26H27ClN4OS. The molecule has 7 heteroatoms. The molecule has 0 atom stereocenters. The van der Waals surface area contributed by atoms with Gasteiger partial charge in [-0.2, -0.15) is 0 Å². The molecule has 1 aliphatic heterocycles. The van der Waals surface area contributed by atoms with Crippen LogP contribution in [0.5, 0.6) is 0 Å². The van der Waals surface area contributed by atoms with Gasteiger partial charge in [0.05, 0.1) is 16.6 Å². The molecule has 1 heterocycles. The quantitative estimate of drug-likeness (QED) is 0.519. The molecule has 1 saturated heterocycles. The molecule has 0 radical (unpaired) electrons. The standard InChI is InChI=1S/C26H27ClN4OS/c1-30-14-16-31(17-15-30)23-13-12-21(18-22(23)27)28-26(33)29-25(32)24(19-8-4-2-5-9-19)20-10-6-3-7-11-20/h2-13,18,24H,14-17H2,1H3,(H2,28,29,32,33). The van der Waals surface area contributed by atoms with Crippen molar-refractivity contribution in [2.24, 2.45) is 0 Å². The van der Waals surface area contributed by atoms with Crippen molar-refractivity contribution in [3.63, 3.8) is 0 Å². The van der Waals surface area contributed by atoms with Gasteiger partial charge in [0, 0.05) is 31.9 Å². The van der Waals surface area contributed by atoms with E-state index in [4.69, 9.17) is 23.8 Å². The first-order valence-corrected chi connectivity index (χ1v) is 11.7. The lowest BCUT2D eigenvalue weighted by Crippen LogP contribution is -2.44. The number of likely N-dealkylation sites (N-methyl/N-ethyl adjacent to an activating group) is 1. The third-order valence-electron chi connectivity index (χ3n) is 5.81. The van der Waals surface area contributed by atoms with Crippen LogP contribution >= 0.6 is 23.8 Å². The maximum atomic E-state index is 13.2. The molecule has 4 rings (SSSR count). The predicted octanol–water partition coefficient (Wildman–Crippen LogP) is 4.74. The molecule has 1 aliphatic rings. The topological polar surface area (TPSA) is 47.6 Å². The maximum Gasteiger partial charge on any atom is 0.238 e. The molecule has 33 heavy (non-hydrogen) atoms. The van der Waals surface area contributed by atoms with Crippen molar-refractivity contribution in [2.75, 3.05) is 43.4 Å². The highest BCUT2D eigenvalue weighted by atomic mass is 35.5. The Morgan fingerprint density at radius 2 is 1.48 bits per heavy atom. The second-order valence-electron chi connectivity index (χ2n) is 8.15. The summed E-state index contributed by atoms with van der Waals surface area (Å²) in [6, 6.07) is 25.2. The number of hydrogen-bond donors (Lipinski definition) is 2. The predicted molar refractivity (Wildman–Crippen MR) is 140 cm³/mol. The van der Waals surface area contributed by atoms with E-state index in [1.807, 2.05) is 78.9 Å². The van der Waals surface area contributed by atoms with E-state index in [2.05, 4.69) is 27.5 Å². The lowest BCUT2D eigenvalue weighted by molar-refractivity contribution is -0.120. The fraction of sp³-hybridized carbons (Fsp3) is 0.231. The van der Waals surface area contributed by atoms with Gasteiger partial charge >= 0.3 is 0 Å². The molecule has 0 saturated carbocycles. The maximum absolute atomic E-state index is 13.2. The monoisotopic (exact) mass is 478 g/mol. The van der Waals surface area contributed by atoms with Gasteiger partial charge in [-0.25, -0.2) is 0 Å². The minimum absolute atomic E-state index is 0.190. The Labute approximate surface area is 205 Å². The number of anilines is 2. The smallest absolute Gasteiger partial charge is 0.238 e. The lowest BCUT2D eigenvalue weighted by Gasteiger charge is -2.34. The summed E-state index contributed by atoms with van der Waals surface area (Å²) in [6.07, 6.45) is 0. The third kappa shape index (κ3) is 5.90. The van der Waals surface area contributed by atoms with Crippen LogP contribution < -0.4 is 15.5 Å². The highest BCUT2D eigenvalue weighted by molar-refractivity contribution is 7.80. The molecular weight excluding hydrogens is 452 g/mol. The first kappa shape index (κ1) is 23.2. The van der Waals surface area contributed by atoms with Crippen molar-refractivity contribution < 1.29 is 4.79 Å². The Morgan fingerprint density at radius 3 is 2.03 bits per heavy atom. The van der Waals surface area contributed by atoms with Crippen molar-refractivity contribution in [3.05, 3.63) is 95.0 Å². The van der Waals surface area contributed by atoms with Gasteiger partial charge in [-0.05, 0) is 48.6 Å². The molecule has 170 valence electrons. The Balaban J connectivity index is 1.44. The summed E-state index contributed by atoms with van der Waals surface area (Å²) in [4.78, 5) is 17.8. The minimum atomic E-state index is -0.463. The number of nitrogens with one attached hydrogen (secondary N) is 2. The molecule has 5 nitrogen and oxygen atoms in total. The molecule has 3 aromatic carbocycles. The lowest BCUT2D eigenvalue weighted by atomic mass is 9.90. The largest absolute Gasteiger partial charge is 0.368 e. The number of rotatable bonds is 5. The van der Waals surface area contributed by atoms with Gasteiger partial charge in [0.15, 0.2) is 5.11 Å². The second kappa shape index (κ2) is 10.8. The fourth-order valence-electron chi connectivity index (χ4n) is 4.02. The molecule has 0 bridgehead atoms. The number of benzene rings is 3. The van der Waals surface area contributed by atoms with Gasteiger partial charge in [-0.1, -0.05) is 72.3 Å². The number of carbonyl (C=O) groups excluding carboxylic acids is 1. The highest BCUT2D eigenvalue weighted by Gasteiger charge is 2.23. The van der Waals surface area contributed by atoms with E-state index in [1.165, 1.54) is 0 Å². The minimum Gasteiger partial charge on any atom is -0.368 e. The first-order valence-electron chi connectivity index (χ1n) is 11.0. The van der Waals surface area contributed by atoms with E-state index in [0.29, 0.717) is 5.02 Å². The molecule has 0 aliphatic carbocycles. The molecule has 1 amide bonds. The summed E-state index contributed by atoms with van der Waals surface area (Å²) < 4.78 is 0. The SMILES string of the molecule is CN1CCN(c2ccc(NC(=S)NC(=O)C(c3ccccc3)c3ccccc3)cc2Cl)CC1. The van der Waals surface area contributed by atoms with E-state index in [0.717, 1.165) is 48.7 Å². The molecule has 0 spiro atoms.